The zero-order valence-corrected chi connectivity index (χ0v) is 10.2. The fraction of sp³-hybridized carbons (Fsp3) is 0.154. The van der Waals surface area contributed by atoms with Crippen LogP contribution in [0.1, 0.15) is 27.6 Å². The van der Waals surface area contributed by atoms with E-state index in [0.29, 0.717) is 29.6 Å². The molecule has 0 fully saturated rings. The molecule has 2 heterocycles. The van der Waals surface area contributed by atoms with Gasteiger partial charge in [-0.15, -0.1) is 0 Å². The predicted molar refractivity (Wildman–Crippen MR) is 66.7 cm³/mol. The molecule has 0 radical (unpaired) electrons. The summed E-state index contributed by atoms with van der Waals surface area (Å²) in [5.41, 5.74) is 0.461. The topological polar surface area (TPSA) is 99.2 Å². The smallest absolute Gasteiger partial charge is 0.339 e. The minimum atomic E-state index is -1.02. The first-order valence-electron chi connectivity index (χ1n) is 5.54. The maximum atomic E-state index is 10.9. The lowest BCUT2D eigenvalue weighted by atomic mass is 10.2. The molecule has 0 aromatic carbocycles. The Hall–Kier alpha value is -2.81. The molecule has 0 unspecified atom stereocenters. The van der Waals surface area contributed by atoms with Crippen molar-refractivity contribution in [1.29, 1.82) is 5.26 Å². The second-order valence-corrected chi connectivity index (χ2v) is 3.86. The van der Waals surface area contributed by atoms with Gasteiger partial charge in [-0.2, -0.15) is 5.26 Å². The third kappa shape index (κ3) is 2.90. The number of carboxylic acids is 1. The van der Waals surface area contributed by atoms with Crippen LogP contribution in [-0.2, 0) is 6.54 Å². The Labute approximate surface area is 109 Å². The molecule has 2 N–H and O–H groups in total. The number of aromatic nitrogens is 1. The van der Waals surface area contributed by atoms with Crippen LogP contribution in [0.15, 0.2) is 28.7 Å². The molecule has 6 nitrogen and oxygen atoms in total. The highest BCUT2D eigenvalue weighted by atomic mass is 16.4. The quantitative estimate of drug-likeness (QED) is 0.870. The molecule has 0 spiro atoms. The van der Waals surface area contributed by atoms with Crippen molar-refractivity contribution in [3.63, 3.8) is 0 Å². The first kappa shape index (κ1) is 12.6. The lowest BCUT2D eigenvalue weighted by Gasteiger charge is -2.02. The molecule has 19 heavy (non-hydrogen) atoms. The molecule has 0 aliphatic rings. The maximum absolute atomic E-state index is 10.9. The van der Waals surface area contributed by atoms with E-state index in [4.69, 9.17) is 14.8 Å². The SMILES string of the molecule is Cc1oc(CNc2cccc(C#N)n2)cc1C(=O)O. The van der Waals surface area contributed by atoms with Gasteiger partial charge in [-0.3, -0.25) is 0 Å². The van der Waals surface area contributed by atoms with Crippen molar-refractivity contribution in [2.24, 2.45) is 0 Å². The van der Waals surface area contributed by atoms with Gasteiger partial charge in [-0.05, 0) is 25.1 Å². The third-order valence-corrected chi connectivity index (χ3v) is 2.51. The zero-order valence-electron chi connectivity index (χ0n) is 10.2. The minimum Gasteiger partial charge on any atom is -0.478 e. The summed E-state index contributed by atoms with van der Waals surface area (Å²) in [7, 11) is 0. The number of nitriles is 1. The predicted octanol–water partition coefficient (Wildman–Crippen LogP) is 2.16. The molecule has 2 rings (SSSR count). The summed E-state index contributed by atoms with van der Waals surface area (Å²) >= 11 is 0. The summed E-state index contributed by atoms with van der Waals surface area (Å²) in [5, 5.41) is 20.6. The van der Waals surface area contributed by atoms with Gasteiger partial charge in [-0.1, -0.05) is 6.07 Å². The lowest BCUT2D eigenvalue weighted by molar-refractivity contribution is 0.0695. The Morgan fingerprint density at radius 2 is 2.37 bits per heavy atom. The summed E-state index contributed by atoms with van der Waals surface area (Å²) in [5.74, 6) is 0.379. The van der Waals surface area contributed by atoms with Gasteiger partial charge >= 0.3 is 5.97 Å². The highest BCUT2D eigenvalue weighted by Crippen LogP contribution is 2.16. The average Bonchev–Trinajstić information content (AvgIpc) is 2.78. The van der Waals surface area contributed by atoms with Crippen LogP contribution >= 0.6 is 0 Å². The molecule has 0 aliphatic carbocycles. The molecule has 96 valence electrons. The largest absolute Gasteiger partial charge is 0.478 e. The van der Waals surface area contributed by atoms with Crippen LogP contribution in [0.3, 0.4) is 0 Å². The number of anilines is 1. The summed E-state index contributed by atoms with van der Waals surface area (Å²) in [4.78, 5) is 14.9. The summed E-state index contributed by atoms with van der Waals surface area (Å²) in [6.07, 6.45) is 0. The molecular formula is C13H11N3O3. The van der Waals surface area contributed by atoms with Crippen LogP contribution in [0, 0.1) is 18.3 Å². The van der Waals surface area contributed by atoms with Gasteiger partial charge in [0.05, 0.1) is 6.54 Å². The van der Waals surface area contributed by atoms with Gasteiger partial charge in [0.15, 0.2) is 0 Å². The van der Waals surface area contributed by atoms with Crippen molar-refractivity contribution in [3.8, 4) is 6.07 Å². The van der Waals surface area contributed by atoms with E-state index in [-0.39, 0.29) is 5.56 Å². The number of hydrogen-bond donors (Lipinski definition) is 2. The molecule has 0 amide bonds. The van der Waals surface area contributed by atoms with Gasteiger partial charge in [0, 0.05) is 0 Å². The van der Waals surface area contributed by atoms with Gasteiger partial charge in [-0.25, -0.2) is 9.78 Å². The average molecular weight is 257 g/mol. The van der Waals surface area contributed by atoms with E-state index in [1.165, 1.54) is 6.07 Å². The molecule has 2 aromatic rings. The third-order valence-electron chi connectivity index (χ3n) is 2.51. The fourth-order valence-corrected chi connectivity index (χ4v) is 1.62. The number of aromatic carboxylic acids is 1. The number of pyridine rings is 1. The zero-order chi connectivity index (χ0) is 13.8. The number of carbonyl (C=O) groups is 1. The highest BCUT2D eigenvalue weighted by Gasteiger charge is 2.13. The van der Waals surface area contributed by atoms with Crippen molar-refractivity contribution in [2.75, 3.05) is 5.32 Å². The van der Waals surface area contributed by atoms with E-state index in [9.17, 15) is 4.79 Å². The van der Waals surface area contributed by atoms with Crippen LogP contribution in [0.25, 0.3) is 0 Å². The second-order valence-electron chi connectivity index (χ2n) is 3.86. The Bertz CT molecular complexity index is 655. The molecule has 0 saturated carbocycles. The Kier molecular flexibility index (Phi) is 3.48. The molecular weight excluding hydrogens is 246 g/mol. The molecule has 0 saturated heterocycles. The van der Waals surface area contributed by atoms with E-state index in [1.54, 1.807) is 25.1 Å². The van der Waals surface area contributed by atoms with Crippen LogP contribution < -0.4 is 5.32 Å². The standard InChI is InChI=1S/C13H11N3O3/c1-8-11(13(17)18)5-10(19-8)7-15-12-4-2-3-9(6-14)16-12/h2-5H,7H2,1H3,(H,15,16)(H,17,18). The molecule has 0 bridgehead atoms. The van der Waals surface area contributed by atoms with Gasteiger partial charge in [0.1, 0.15) is 34.7 Å². The van der Waals surface area contributed by atoms with Crippen LogP contribution in [0.2, 0.25) is 0 Å². The minimum absolute atomic E-state index is 0.149. The number of furan rings is 1. The second kappa shape index (κ2) is 5.23. The monoisotopic (exact) mass is 257 g/mol. The van der Waals surface area contributed by atoms with Crippen molar-refractivity contribution in [2.45, 2.75) is 13.5 Å². The van der Waals surface area contributed by atoms with Crippen LogP contribution in [0.4, 0.5) is 5.82 Å². The number of carboxylic acid groups (broad SMARTS) is 1. The van der Waals surface area contributed by atoms with Crippen LogP contribution in [-0.4, -0.2) is 16.1 Å². The fourth-order valence-electron chi connectivity index (χ4n) is 1.62. The Morgan fingerprint density at radius 3 is 3.00 bits per heavy atom. The van der Waals surface area contributed by atoms with E-state index in [2.05, 4.69) is 10.3 Å². The van der Waals surface area contributed by atoms with E-state index < -0.39 is 5.97 Å². The number of rotatable bonds is 4. The van der Waals surface area contributed by atoms with Gasteiger partial charge < -0.3 is 14.8 Å². The van der Waals surface area contributed by atoms with Crippen molar-refractivity contribution < 1.29 is 14.3 Å². The first-order chi connectivity index (χ1) is 9.10. The first-order valence-corrected chi connectivity index (χ1v) is 5.54. The number of aryl methyl sites for hydroxylation is 1. The molecule has 6 heteroatoms. The molecule has 2 aromatic heterocycles. The Balaban J connectivity index is 2.08. The molecule has 0 atom stereocenters. The molecule has 0 aliphatic heterocycles. The van der Waals surface area contributed by atoms with Crippen molar-refractivity contribution in [1.82, 2.24) is 4.98 Å². The van der Waals surface area contributed by atoms with E-state index >= 15 is 0 Å². The van der Waals surface area contributed by atoms with E-state index in [1.807, 2.05) is 6.07 Å². The maximum Gasteiger partial charge on any atom is 0.339 e. The number of nitrogens with zero attached hydrogens (tertiary/aromatic N) is 2. The number of hydrogen-bond acceptors (Lipinski definition) is 5. The van der Waals surface area contributed by atoms with Crippen LogP contribution in [0.5, 0.6) is 0 Å². The summed E-state index contributed by atoms with van der Waals surface area (Å²) in [6.45, 7) is 1.90. The van der Waals surface area contributed by atoms with Crippen molar-refractivity contribution >= 4 is 11.8 Å². The summed E-state index contributed by atoms with van der Waals surface area (Å²) in [6, 6.07) is 8.44. The Morgan fingerprint density at radius 1 is 1.58 bits per heavy atom. The highest BCUT2D eigenvalue weighted by molar-refractivity contribution is 5.88. The number of nitrogens with one attached hydrogen (secondary N) is 1. The van der Waals surface area contributed by atoms with E-state index in [0.717, 1.165) is 0 Å². The van der Waals surface area contributed by atoms with Gasteiger partial charge in [0.2, 0.25) is 0 Å². The lowest BCUT2D eigenvalue weighted by Crippen LogP contribution is -2.01. The van der Waals surface area contributed by atoms with Gasteiger partial charge in [0.25, 0.3) is 0 Å². The van der Waals surface area contributed by atoms with Crippen molar-refractivity contribution in [3.05, 3.63) is 47.0 Å². The summed E-state index contributed by atoms with van der Waals surface area (Å²) < 4.78 is 5.32. The normalized spacial score (nSPS) is 9.89.